The minimum absolute atomic E-state index is 0.0222. The molecule has 1 aliphatic carbocycles. The monoisotopic (exact) mass is 456 g/mol. The van der Waals surface area contributed by atoms with E-state index in [1.54, 1.807) is 24.3 Å². The number of aliphatic hydroxyl groups is 1. The molecule has 1 aliphatic rings. The molecule has 2 heterocycles. The Balaban J connectivity index is 1.61. The summed E-state index contributed by atoms with van der Waals surface area (Å²) in [6, 6.07) is 9.26. The molecule has 1 fully saturated rings. The molecule has 3 N–H and O–H groups in total. The van der Waals surface area contributed by atoms with E-state index in [-0.39, 0.29) is 29.7 Å². The van der Waals surface area contributed by atoms with E-state index in [4.69, 9.17) is 20.9 Å². The van der Waals surface area contributed by atoms with E-state index in [1.165, 1.54) is 19.2 Å². The highest BCUT2D eigenvalue weighted by atomic mass is 35.5. The van der Waals surface area contributed by atoms with Gasteiger partial charge in [0.15, 0.2) is 0 Å². The Kier molecular flexibility index (Phi) is 4.72. The minimum atomic E-state index is -0.599. The van der Waals surface area contributed by atoms with Crippen LogP contribution in [0.4, 0.5) is 4.39 Å². The van der Waals surface area contributed by atoms with Gasteiger partial charge in [0, 0.05) is 16.4 Å². The van der Waals surface area contributed by atoms with E-state index >= 15 is 0 Å². The molecule has 0 unspecified atom stereocenters. The molecule has 2 aromatic carbocycles. The van der Waals surface area contributed by atoms with Crippen LogP contribution in [0, 0.1) is 5.82 Å². The number of nitrogens with one attached hydrogen (secondary N) is 1. The number of hydrogen-bond acceptors (Lipinski definition) is 6. The van der Waals surface area contributed by atoms with Crippen LogP contribution in [0.2, 0.25) is 5.02 Å². The SMILES string of the molecule is COc1cc(C(=O)c2c(O)[nH]c3cc(Cl)c(-c4ccc(C5(CO)CC5)c(F)c4)cc23)on1. The summed E-state index contributed by atoms with van der Waals surface area (Å²) in [7, 11) is 1.39. The zero-order valence-electron chi connectivity index (χ0n) is 16.9. The van der Waals surface area contributed by atoms with Gasteiger partial charge < -0.3 is 24.5 Å². The number of aromatic amines is 1. The van der Waals surface area contributed by atoms with Crippen molar-refractivity contribution in [3.63, 3.8) is 0 Å². The van der Waals surface area contributed by atoms with E-state index in [1.807, 2.05) is 0 Å². The van der Waals surface area contributed by atoms with Crippen molar-refractivity contribution in [1.29, 1.82) is 0 Å². The number of fused-ring (bicyclic) bond motifs is 1. The predicted molar refractivity (Wildman–Crippen MR) is 115 cm³/mol. The first-order valence-electron chi connectivity index (χ1n) is 9.88. The van der Waals surface area contributed by atoms with Crippen LogP contribution in [-0.4, -0.2) is 39.9 Å². The van der Waals surface area contributed by atoms with Gasteiger partial charge in [-0.25, -0.2) is 4.39 Å². The molecular weight excluding hydrogens is 439 g/mol. The van der Waals surface area contributed by atoms with E-state index in [0.717, 1.165) is 12.8 Å². The normalized spacial score (nSPS) is 14.6. The van der Waals surface area contributed by atoms with Crippen molar-refractivity contribution in [3.05, 3.63) is 64.1 Å². The highest BCUT2D eigenvalue weighted by Crippen LogP contribution is 2.49. The molecule has 1 saturated carbocycles. The quantitative estimate of drug-likeness (QED) is 0.366. The van der Waals surface area contributed by atoms with E-state index < -0.39 is 17.0 Å². The van der Waals surface area contributed by atoms with Gasteiger partial charge in [0.05, 0.1) is 35.9 Å². The summed E-state index contributed by atoms with van der Waals surface area (Å²) < 4.78 is 24.8. The lowest BCUT2D eigenvalue weighted by molar-refractivity contribution is 0.0999. The summed E-state index contributed by atoms with van der Waals surface area (Å²) >= 11 is 6.45. The van der Waals surface area contributed by atoms with Gasteiger partial charge in [0.25, 0.3) is 5.88 Å². The highest BCUT2D eigenvalue weighted by molar-refractivity contribution is 6.34. The van der Waals surface area contributed by atoms with Gasteiger partial charge in [-0.1, -0.05) is 23.7 Å². The third-order valence-electron chi connectivity index (χ3n) is 6.02. The van der Waals surface area contributed by atoms with Crippen LogP contribution in [0.15, 0.2) is 40.9 Å². The first-order chi connectivity index (χ1) is 15.4. The maximum Gasteiger partial charge on any atom is 0.254 e. The van der Waals surface area contributed by atoms with E-state index in [2.05, 4.69) is 10.1 Å². The third-order valence-corrected chi connectivity index (χ3v) is 6.34. The molecule has 9 heteroatoms. The number of carbonyl (C=O) groups is 1. The Hall–Kier alpha value is -3.36. The molecule has 32 heavy (non-hydrogen) atoms. The summed E-state index contributed by atoms with van der Waals surface area (Å²) in [4.78, 5) is 15.7. The van der Waals surface area contributed by atoms with Crippen molar-refractivity contribution in [2.75, 3.05) is 13.7 Å². The van der Waals surface area contributed by atoms with Crippen molar-refractivity contribution >= 4 is 28.3 Å². The van der Waals surface area contributed by atoms with Crippen molar-refractivity contribution in [2.24, 2.45) is 0 Å². The molecule has 2 aromatic heterocycles. The number of ketones is 1. The number of nitrogens with zero attached hydrogens (tertiary/aromatic N) is 1. The zero-order valence-corrected chi connectivity index (χ0v) is 17.7. The van der Waals surface area contributed by atoms with Crippen molar-refractivity contribution in [1.82, 2.24) is 10.1 Å². The second-order valence-electron chi connectivity index (χ2n) is 7.92. The first kappa shape index (κ1) is 20.5. The van der Waals surface area contributed by atoms with Crippen LogP contribution >= 0.6 is 11.6 Å². The molecule has 5 rings (SSSR count). The van der Waals surface area contributed by atoms with Gasteiger partial charge in [-0.2, -0.15) is 0 Å². The fraction of sp³-hybridized carbons (Fsp3) is 0.217. The number of rotatable bonds is 6. The lowest BCUT2D eigenvalue weighted by atomic mass is 9.93. The van der Waals surface area contributed by atoms with Crippen molar-refractivity contribution < 1.29 is 28.7 Å². The average molecular weight is 457 g/mol. The van der Waals surface area contributed by atoms with Crippen LogP contribution < -0.4 is 4.74 Å². The first-order valence-corrected chi connectivity index (χ1v) is 10.3. The Morgan fingerprint density at radius 2 is 2.09 bits per heavy atom. The minimum Gasteiger partial charge on any atom is -0.494 e. The number of H-pyrrole nitrogens is 1. The Labute approximate surface area is 186 Å². The molecule has 0 bridgehead atoms. The summed E-state index contributed by atoms with van der Waals surface area (Å²) in [6.07, 6.45) is 1.49. The van der Waals surface area contributed by atoms with Crippen molar-refractivity contribution in [3.8, 4) is 22.9 Å². The Morgan fingerprint density at radius 1 is 1.31 bits per heavy atom. The molecular formula is C23H18ClFN2O5. The maximum atomic E-state index is 14.9. The lowest BCUT2D eigenvalue weighted by Crippen LogP contribution is -2.13. The van der Waals surface area contributed by atoms with Gasteiger partial charge in [0.1, 0.15) is 5.82 Å². The van der Waals surface area contributed by atoms with Gasteiger partial charge in [0.2, 0.25) is 17.4 Å². The number of benzene rings is 2. The van der Waals surface area contributed by atoms with Gasteiger partial charge in [-0.05, 0) is 47.3 Å². The van der Waals surface area contributed by atoms with Crippen molar-refractivity contribution in [2.45, 2.75) is 18.3 Å². The molecule has 0 spiro atoms. The van der Waals surface area contributed by atoms with Crippen LogP contribution in [0.5, 0.6) is 11.8 Å². The molecule has 4 aromatic rings. The number of aromatic nitrogens is 2. The van der Waals surface area contributed by atoms with Gasteiger partial charge in [-0.15, -0.1) is 0 Å². The number of aliphatic hydroxyl groups excluding tert-OH is 1. The maximum absolute atomic E-state index is 14.9. The number of aromatic hydroxyl groups is 1. The lowest BCUT2D eigenvalue weighted by Gasteiger charge is -2.15. The fourth-order valence-corrected chi connectivity index (χ4v) is 4.29. The summed E-state index contributed by atoms with van der Waals surface area (Å²) in [6.45, 7) is -0.101. The molecule has 0 aliphatic heterocycles. The number of halogens is 2. The molecule has 7 nitrogen and oxygen atoms in total. The zero-order chi connectivity index (χ0) is 22.6. The fourth-order valence-electron chi connectivity index (χ4n) is 4.01. The number of ether oxygens (including phenoxy) is 1. The average Bonchev–Trinajstić information content (AvgIpc) is 3.29. The number of methoxy groups -OCH3 is 1. The molecule has 0 atom stereocenters. The summed E-state index contributed by atoms with van der Waals surface area (Å²) in [5, 5.41) is 24.3. The summed E-state index contributed by atoms with van der Waals surface area (Å²) in [5.41, 5.74) is 1.39. The highest BCUT2D eigenvalue weighted by Gasteiger charge is 2.45. The second-order valence-corrected chi connectivity index (χ2v) is 8.33. The second kappa shape index (κ2) is 7.36. The molecule has 164 valence electrons. The number of hydrogen-bond donors (Lipinski definition) is 3. The molecule has 0 saturated heterocycles. The smallest absolute Gasteiger partial charge is 0.254 e. The Bertz CT molecular complexity index is 1370. The van der Waals surface area contributed by atoms with Crippen LogP contribution in [0.25, 0.3) is 22.0 Å². The largest absolute Gasteiger partial charge is 0.494 e. The van der Waals surface area contributed by atoms with Gasteiger partial charge in [-0.3, -0.25) is 4.79 Å². The van der Waals surface area contributed by atoms with E-state index in [9.17, 15) is 19.4 Å². The predicted octanol–water partition coefficient (Wildman–Crippen LogP) is 4.58. The van der Waals surface area contributed by atoms with Crippen LogP contribution in [-0.2, 0) is 5.41 Å². The Morgan fingerprint density at radius 3 is 2.72 bits per heavy atom. The molecule has 0 amide bonds. The topological polar surface area (TPSA) is 109 Å². The van der Waals surface area contributed by atoms with Crippen LogP contribution in [0.3, 0.4) is 0 Å². The molecule has 0 radical (unpaired) electrons. The van der Waals surface area contributed by atoms with E-state index in [0.29, 0.717) is 32.6 Å². The standard InChI is InChI=1S/C23H18ClFN2O5/c1-31-19-9-18(32-27-19)21(29)20-13-7-12(15(24)8-17(13)26-22(20)30)11-2-3-14(16(25)6-11)23(10-28)4-5-23/h2-3,6-9,26,28,30H,4-5,10H2,1H3. The van der Waals surface area contributed by atoms with Crippen LogP contribution in [0.1, 0.15) is 34.5 Å². The number of carbonyl (C=O) groups excluding carboxylic acids is 1. The third kappa shape index (κ3) is 3.14. The summed E-state index contributed by atoms with van der Waals surface area (Å²) in [5.74, 6) is -1.36. The van der Waals surface area contributed by atoms with Gasteiger partial charge >= 0.3 is 0 Å².